The molecule has 0 atom stereocenters. The minimum absolute atomic E-state index is 0.226. The van der Waals surface area contributed by atoms with Crippen molar-refractivity contribution in [3.05, 3.63) is 78.0 Å². The SMILES string of the molecule is Nc1ccc(Oc2cccc(C(=O)NCCOc3ccc(C(=S)NO)cc3)n2)cc1. The second-order valence-corrected chi connectivity index (χ2v) is 6.51. The Balaban J connectivity index is 1.48. The maximum absolute atomic E-state index is 12.3. The Kier molecular flexibility index (Phi) is 7.14. The van der Waals surface area contributed by atoms with E-state index in [1.165, 1.54) is 0 Å². The van der Waals surface area contributed by atoms with E-state index in [0.29, 0.717) is 35.2 Å². The van der Waals surface area contributed by atoms with Crippen LogP contribution in [0.1, 0.15) is 16.1 Å². The first-order valence-electron chi connectivity index (χ1n) is 9.01. The maximum Gasteiger partial charge on any atom is 0.270 e. The van der Waals surface area contributed by atoms with Gasteiger partial charge in [-0.25, -0.2) is 4.98 Å². The van der Waals surface area contributed by atoms with Crippen molar-refractivity contribution in [2.75, 3.05) is 18.9 Å². The number of hydrogen-bond donors (Lipinski definition) is 4. The Bertz CT molecular complexity index is 1010. The van der Waals surface area contributed by atoms with Crippen molar-refractivity contribution in [1.82, 2.24) is 15.8 Å². The standard InChI is InChI=1S/C21H20N4O4S/c22-15-6-10-17(11-7-15)29-19-3-1-2-18(24-19)20(26)23-12-13-28-16-8-4-14(5-9-16)21(30)25-27/h1-11,27H,12-13,22H2,(H,23,26)(H,25,30). The third-order valence-corrected chi connectivity index (χ3v) is 4.26. The van der Waals surface area contributed by atoms with Gasteiger partial charge in [0, 0.05) is 17.3 Å². The van der Waals surface area contributed by atoms with Crippen molar-refractivity contribution >= 4 is 28.8 Å². The van der Waals surface area contributed by atoms with Crippen molar-refractivity contribution in [2.24, 2.45) is 0 Å². The van der Waals surface area contributed by atoms with E-state index in [-0.39, 0.29) is 23.2 Å². The molecular formula is C21H20N4O4S. The third-order valence-electron chi connectivity index (χ3n) is 3.93. The highest BCUT2D eigenvalue weighted by atomic mass is 32.1. The predicted octanol–water partition coefficient (Wildman–Crippen LogP) is 2.92. The first-order valence-corrected chi connectivity index (χ1v) is 9.42. The van der Waals surface area contributed by atoms with Gasteiger partial charge in [-0.2, -0.15) is 0 Å². The number of anilines is 1. The average Bonchev–Trinajstić information content (AvgIpc) is 2.78. The second kappa shape index (κ2) is 10.2. The number of hydroxylamine groups is 1. The van der Waals surface area contributed by atoms with Gasteiger partial charge in [0.2, 0.25) is 5.88 Å². The number of rotatable bonds is 8. The van der Waals surface area contributed by atoms with E-state index in [1.807, 2.05) is 5.48 Å². The van der Waals surface area contributed by atoms with E-state index in [4.69, 9.17) is 32.6 Å². The van der Waals surface area contributed by atoms with Crippen molar-refractivity contribution in [3.8, 4) is 17.4 Å². The lowest BCUT2D eigenvalue weighted by molar-refractivity contribution is 0.0941. The zero-order valence-electron chi connectivity index (χ0n) is 15.9. The van der Waals surface area contributed by atoms with Gasteiger partial charge in [0.25, 0.3) is 5.91 Å². The van der Waals surface area contributed by atoms with Crippen molar-refractivity contribution in [3.63, 3.8) is 0 Å². The Morgan fingerprint density at radius 1 is 1.03 bits per heavy atom. The minimum Gasteiger partial charge on any atom is -0.492 e. The van der Waals surface area contributed by atoms with E-state index < -0.39 is 0 Å². The minimum atomic E-state index is -0.337. The van der Waals surface area contributed by atoms with Gasteiger partial charge in [-0.3, -0.25) is 15.5 Å². The lowest BCUT2D eigenvalue weighted by atomic mass is 10.2. The molecule has 5 N–H and O–H groups in total. The summed E-state index contributed by atoms with van der Waals surface area (Å²) < 4.78 is 11.2. The highest BCUT2D eigenvalue weighted by molar-refractivity contribution is 7.80. The fourth-order valence-electron chi connectivity index (χ4n) is 2.45. The molecule has 1 heterocycles. The largest absolute Gasteiger partial charge is 0.492 e. The number of thiocarbonyl (C=S) groups is 1. The van der Waals surface area contributed by atoms with Crippen LogP contribution in [0.2, 0.25) is 0 Å². The summed E-state index contributed by atoms with van der Waals surface area (Å²) in [5, 5.41) is 11.5. The van der Waals surface area contributed by atoms with Crippen LogP contribution in [0.15, 0.2) is 66.7 Å². The molecule has 0 aliphatic rings. The summed E-state index contributed by atoms with van der Waals surface area (Å²) in [6.07, 6.45) is 0. The molecule has 0 bridgehead atoms. The van der Waals surface area contributed by atoms with Crippen LogP contribution in [0.3, 0.4) is 0 Å². The number of aromatic nitrogens is 1. The summed E-state index contributed by atoms with van der Waals surface area (Å²) in [4.78, 5) is 16.8. The lowest BCUT2D eigenvalue weighted by Gasteiger charge is -2.09. The summed E-state index contributed by atoms with van der Waals surface area (Å²) in [6, 6.07) is 18.7. The van der Waals surface area contributed by atoms with E-state index in [2.05, 4.69) is 10.3 Å². The number of nitrogens with one attached hydrogen (secondary N) is 2. The molecule has 30 heavy (non-hydrogen) atoms. The Labute approximate surface area is 178 Å². The van der Waals surface area contributed by atoms with Gasteiger partial charge < -0.3 is 20.5 Å². The molecule has 0 saturated heterocycles. The zero-order chi connectivity index (χ0) is 21.3. The van der Waals surface area contributed by atoms with Gasteiger partial charge in [0.15, 0.2) is 0 Å². The topological polar surface area (TPSA) is 119 Å². The summed E-state index contributed by atoms with van der Waals surface area (Å²) >= 11 is 4.93. The molecule has 2 aromatic carbocycles. The number of amides is 1. The van der Waals surface area contributed by atoms with Gasteiger partial charge in [-0.1, -0.05) is 18.3 Å². The molecule has 1 aromatic heterocycles. The summed E-state index contributed by atoms with van der Waals surface area (Å²) in [5.41, 5.74) is 9.11. The van der Waals surface area contributed by atoms with Gasteiger partial charge in [0.05, 0.1) is 6.54 Å². The van der Waals surface area contributed by atoms with Crippen LogP contribution in [0.4, 0.5) is 5.69 Å². The van der Waals surface area contributed by atoms with Crippen molar-refractivity contribution in [1.29, 1.82) is 0 Å². The number of ether oxygens (including phenoxy) is 2. The molecule has 154 valence electrons. The molecule has 1 amide bonds. The molecule has 0 radical (unpaired) electrons. The molecule has 8 nitrogen and oxygen atoms in total. The molecule has 0 aliphatic carbocycles. The number of benzene rings is 2. The summed E-state index contributed by atoms with van der Waals surface area (Å²) in [7, 11) is 0. The number of nitrogens with two attached hydrogens (primary N) is 1. The van der Waals surface area contributed by atoms with Gasteiger partial charge in [-0.05, 0) is 54.6 Å². The van der Waals surface area contributed by atoms with Gasteiger partial charge >= 0.3 is 0 Å². The van der Waals surface area contributed by atoms with E-state index >= 15 is 0 Å². The first-order chi connectivity index (χ1) is 14.5. The molecule has 0 fully saturated rings. The average molecular weight is 424 g/mol. The molecule has 0 aliphatic heterocycles. The molecule has 9 heteroatoms. The van der Waals surface area contributed by atoms with Gasteiger partial charge in [-0.15, -0.1) is 0 Å². The van der Waals surface area contributed by atoms with Crippen LogP contribution in [0, 0.1) is 0 Å². The van der Waals surface area contributed by atoms with Crippen molar-refractivity contribution in [2.45, 2.75) is 0 Å². The van der Waals surface area contributed by atoms with E-state index in [0.717, 1.165) is 0 Å². The maximum atomic E-state index is 12.3. The molecular weight excluding hydrogens is 404 g/mol. The molecule has 0 unspecified atom stereocenters. The second-order valence-electron chi connectivity index (χ2n) is 6.10. The van der Waals surface area contributed by atoms with Crippen LogP contribution < -0.4 is 26.0 Å². The fourth-order valence-corrected chi connectivity index (χ4v) is 2.58. The highest BCUT2D eigenvalue weighted by Crippen LogP contribution is 2.20. The fraction of sp³-hybridized carbons (Fsp3) is 0.0952. The summed E-state index contributed by atoms with van der Waals surface area (Å²) in [5.74, 6) is 1.16. The molecule has 0 saturated carbocycles. The lowest BCUT2D eigenvalue weighted by Crippen LogP contribution is -2.28. The number of carbonyl (C=O) groups is 1. The smallest absolute Gasteiger partial charge is 0.270 e. The predicted molar refractivity (Wildman–Crippen MR) is 116 cm³/mol. The van der Waals surface area contributed by atoms with Crippen LogP contribution in [-0.2, 0) is 0 Å². The quantitative estimate of drug-likeness (QED) is 0.189. The third kappa shape index (κ3) is 5.90. The van der Waals surface area contributed by atoms with E-state index in [1.54, 1.807) is 66.7 Å². The van der Waals surface area contributed by atoms with Crippen LogP contribution >= 0.6 is 12.2 Å². The number of hydrogen-bond acceptors (Lipinski definition) is 7. The first kappa shape index (κ1) is 21.0. The molecule has 3 aromatic rings. The number of pyridine rings is 1. The van der Waals surface area contributed by atoms with Crippen LogP contribution in [0.25, 0.3) is 0 Å². The Morgan fingerprint density at radius 2 is 1.73 bits per heavy atom. The van der Waals surface area contributed by atoms with Crippen molar-refractivity contribution < 1.29 is 19.5 Å². The van der Waals surface area contributed by atoms with E-state index in [9.17, 15) is 4.79 Å². The normalized spacial score (nSPS) is 10.2. The highest BCUT2D eigenvalue weighted by Gasteiger charge is 2.09. The summed E-state index contributed by atoms with van der Waals surface area (Å²) in [6.45, 7) is 0.567. The van der Waals surface area contributed by atoms with Gasteiger partial charge in [0.1, 0.15) is 28.8 Å². The van der Waals surface area contributed by atoms with Crippen LogP contribution in [-0.4, -0.2) is 34.2 Å². The molecule has 3 rings (SSSR count). The zero-order valence-corrected chi connectivity index (χ0v) is 16.7. The number of nitrogen functional groups attached to an aromatic ring is 1. The number of nitrogens with zero attached hydrogens (tertiary/aromatic N) is 1. The Hall–Kier alpha value is -3.69. The Morgan fingerprint density at radius 3 is 2.43 bits per heavy atom. The number of carbonyl (C=O) groups excluding carboxylic acids is 1. The monoisotopic (exact) mass is 424 g/mol. The molecule has 0 spiro atoms. The van der Waals surface area contributed by atoms with Crippen LogP contribution in [0.5, 0.6) is 17.4 Å².